The average Bonchev–Trinajstić information content (AvgIpc) is 2.93. The van der Waals surface area contributed by atoms with Gasteiger partial charge >= 0.3 is 7.12 Å². The molecule has 0 N–H and O–H groups in total. The molecule has 0 amide bonds. The summed E-state index contributed by atoms with van der Waals surface area (Å²) in [4.78, 5) is 0. The predicted molar refractivity (Wildman–Crippen MR) is 108 cm³/mol. The molecule has 0 spiro atoms. The molecule has 1 unspecified atom stereocenters. The van der Waals surface area contributed by atoms with Gasteiger partial charge in [-0.25, -0.2) is 0 Å². The summed E-state index contributed by atoms with van der Waals surface area (Å²) in [5.41, 5.74) is 3.51. The molecular weight excluding hydrogens is 311 g/mol. The maximum Gasteiger partial charge on any atom is 0.494 e. The van der Waals surface area contributed by atoms with E-state index in [1.807, 2.05) is 0 Å². The van der Waals surface area contributed by atoms with E-state index < -0.39 is 8.07 Å². The Hall–Kier alpha value is -0.318. The van der Waals surface area contributed by atoms with E-state index in [1.54, 1.807) is 0 Å². The molecule has 1 aliphatic heterocycles. The molecule has 136 valence electrons. The quantitative estimate of drug-likeness (QED) is 0.554. The maximum atomic E-state index is 6.26. The Morgan fingerprint density at radius 2 is 1.29 bits per heavy atom. The van der Waals surface area contributed by atoms with Gasteiger partial charge in [-0.05, 0) is 55.3 Å². The molecule has 0 aromatic carbocycles. The smallest absolute Gasteiger partial charge is 0.399 e. The van der Waals surface area contributed by atoms with Crippen molar-refractivity contribution in [3.05, 3.63) is 23.7 Å². The SMILES string of the molecule is CC(C)[Si](C(C)C)(C(C)C)C1C=CC(B2OC(C)(C)C(C)(C)O2)=C1. The van der Waals surface area contributed by atoms with Gasteiger partial charge in [0.1, 0.15) is 0 Å². The van der Waals surface area contributed by atoms with Gasteiger partial charge in [0.05, 0.1) is 19.3 Å². The standard InChI is InChI=1S/C20H37BO2Si/c1-14(2)24(15(3)4,16(5)6)18-12-11-17(13-18)21-22-19(7,8)20(9,10)23-21/h11-16,18H,1-10H3. The second-order valence-electron chi connectivity index (χ2n) is 9.60. The van der Waals surface area contributed by atoms with E-state index in [0.29, 0.717) is 5.54 Å². The van der Waals surface area contributed by atoms with Crippen molar-refractivity contribution in [2.45, 2.75) is 103 Å². The average molecular weight is 348 g/mol. The summed E-state index contributed by atoms with van der Waals surface area (Å²) in [6, 6.07) is 0. The van der Waals surface area contributed by atoms with Gasteiger partial charge in [0.25, 0.3) is 0 Å². The molecule has 4 heteroatoms. The Labute approximate surface area is 151 Å². The van der Waals surface area contributed by atoms with Crippen LogP contribution in [0.25, 0.3) is 0 Å². The van der Waals surface area contributed by atoms with E-state index >= 15 is 0 Å². The molecule has 2 aliphatic rings. The highest BCUT2D eigenvalue weighted by atomic mass is 28.3. The van der Waals surface area contributed by atoms with E-state index in [-0.39, 0.29) is 18.3 Å². The molecule has 24 heavy (non-hydrogen) atoms. The van der Waals surface area contributed by atoms with Crippen LogP contribution in [0.3, 0.4) is 0 Å². The Kier molecular flexibility index (Phi) is 5.37. The van der Waals surface area contributed by atoms with Crippen molar-refractivity contribution in [3.63, 3.8) is 0 Å². The Morgan fingerprint density at radius 1 is 0.875 bits per heavy atom. The fraction of sp³-hybridized carbons (Fsp3) is 0.800. The molecule has 0 saturated carbocycles. The highest BCUT2D eigenvalue weighted by Crippen LogP contribution is 2.52. The van der Waals surface area contributed by atoms with Crippen molar-refractivity contribution < 1.29 is 9.31 Å². The van der Waals surface area contributed by atoms with Gasteiger partial charge in [-0.15, -0.1) is 0 Å². The third kappa shape index (κ3) is 2.99. The largest absolute Gasteiger partial charge is 0.494 e. The minimum absolute atomic E-state index is 0.227. The van der Waals surface area contributed by atoms with Crippen LogP contribution >= 0.6 is 0 Å². The normalized spacial score (nSPS) is 26.1. The number of allylic oxidation sites excluding steroid dienone is 4. The van der Waals surface area contributed by atoms with Crippen molar-refractivity contribution >= 4 is 15.2 Å². The summed E-state index contributed by atoms with van der Waals surface area (Å²) in [5, 5.41) is 0. The van der Waals surface area contributed by atoms with E-state index in [1.165, 1.54) is 5.47 Å². The molecule has 0 radical (unpaired) electrons. The summed E-state index contributed by atoms with van der Waals surface area (Å²) in [6.07, 6.45) is 7.17. The molecule has 2 rings (SSSR count). The van der Waals surface area contributed by atoms with Crippen molar-refractivity contribution in [3.8, 4) is 0 Å². The molecular formula is C20H37BO2Si. The van der Waals surface area contributed by atoms with E-state index in [0.717, 1.165) is 16.6 Å². The van der Waals surface area contributed by atoms with Crippen molar-refractivity contribution in [1.82, 2.24) is 0 Å². The van der Waals surface area contributed by atoms with Gasteiger partial charge in [-0.2, -0.15) is 0 Å². The Balaban J connectivity index is 2.32. The summed E-state index contributed by atoms with van der Waals surface area (Å²) in [6.45, 7) is 23.1. The first kappa shape index (κ1) is 20.0. The molecule has 2 nitrogen and oxygen atoms in total. The monoisotopic (exact) mass is 348 g/mol. The first-order chi connectivity index (χ1) is 10.9. The maximum absolute atomic E-state index is 6.26. The van der Waals surface area contributed by atoms with Gasteiger partial charge < -0.3 is 9.31 Å². The lowest BCUT2D eigenvalue weighted by atomic mass is 9.79. The molecule has 0 aromatic rings. The minimum Gasteiger partial charge on any atom is -0.399 e. The number of hydrogen-bond donors (Lipinski definition) is 0. The van der Waals surface area contributed by atoms with Crippen LogP contribution in [0.1, 0.15) is 69.2 Å². The lowest BCUT2D eigenvalue weighted by molar-refractivity contribution is 0.00578. The third-order valence-corrected chi connectivity index (χ3v) is 14.5. The summed E-state index contributed by atoms with van der Waals surface area (Å²) >= 11 is 0. The van der Waals surface area contributed by atoms with Crippen molar-refractivity contribution in [1.29, 1.82) is 0 Å². The summed E-state index contributed by atoms with van der Waals surface area (Å²) in [5.74, 6) is 0. The van der Waals surface area contributed by atoms with Gasteiger partial charge in [0.15, 0.2) is 0 Å². The second kappa shape index (κ2) is 6.44. The molecule has 1 atom stereocenters. The van der Waals surface area contributed by atoms with Crippen LogP contribution < -0.4 is 0 Å². The van der Waals surface area contributed by atoms with Crippen LogP contribution in [0.15, 0.2) is 23.7 Å². The predicted octanol–water partition coefficient (Wildman–Crippen LogP) is 6.16. The van der Waals surface area contributed by atoms with E-state index in [2.05, 4.69) is 87.5 Å². The van der Waals surface area contributed by atoms with Gasteiger partial charge in [0, 0.05) is 0 Å². The molecule has 1 heterocycles. The van der Waals surface area contributed by atoms with Crippen LogP contribution in [0.5, 0.6) is 0 Å². The van der Waals surface area contributed by atoms with Crippen molar-refractivity contribution in [2.24, 2.45) is 0 Å². The molecule has 1 saturated heterocycles. The minimum atomic E-state index is -1.53. The van der Waals surface area contributed by atoms with Gasteiger partial charge in [0.2, 0.25) is 0 Å². The summed E-state index contributed by atoms with van der Waals surface area (Å²) < 4.78 is 12.5. The number of rotatable bonds is 5. The van der Waals surface area contributed by atoms with Crippen molar-refractivity contribution in [2.75, 3.05) is 0 Å². The molecule has 0 aromatic heterocycles. The van der Waals surface area contributed by atoms with E-state index in [4.69, 9.17) is 9.31 Å². The van der Waals surface area contributed by atoms with E-state index in [9.17, 15) is 0 Å². The van der Waals surface area contributed by atoms with Crippen LogP contribution in [0, 0.1) is 0 Å². The van der Waals surface area contributed by atoms with Gasteiger partial charge in [-0.1, -0.05) is 59.8 Å². The zero-order chi connectivity index (χ0) is 18.5. The Bertz CT molecular complexity index is 494. The molecule has 1 aliphatic carbocycles. The fourth-order valence-electron chi connectivity index (χ4n) is 5.14. The van der Waals surface area contributed by atoms with Crippen LogP contribution in [-0.4, -0.2) is 26.4 Å². The van der Waals surface area contributed by atoms with Crippen LogP contribution in [-0.2, 0) is 9.31 Å². The Morgan fingerprint density at radius 3 is 1.67 bits per heavy atom. The highest BCUT2D eigenvalue weighted by molar-refractivity contribution is 6.85. The molecule has 1 fully saturated rings. The van der Waals surface area contributed by atoms with Crippen LogP contribution in [0.4, 0.5) is 0 Å². The first-order valence-corrected chi connectivity index (χ1v) is 11.9. The molecule has 0 bridgehead atoms. The first-order valence-electron chi connectivity index (χ1n) is 9.61. The summed E-state index contributed by atoms with van der Waals surface area (Å²) in [7, 11) is -1.76. The zero-order valence-electron chi connectivity index (χ0n) is 17.4. The lowest BCUT2D eigenvalue weighted by Crippen LogP contribution is -2.47. The van der Waals surface area contributed by atoms with Crippen LogP contribution in [0.2, 0.25) is 22.2 Å². The lowest BCUT2D eigenvalue weighted by Gasteiger charge is -2.46. The third-order valence-electron chi connectivity index (χ3n) is 6.97. The zero-order valence-corrected chi connectivity index (χ0v) is 18.4. The van der Waals surface area contributed by atoms with Gasteiger partial charge in [-0.3, -0.25) is 0 Å². The fourth-order valence-corrected chi connectivity index (χ4v) is 12.4. The highest BCUT2D eigenvalue weighted by Gasteiger charge is 2.54. The topological polar surface area (TPSA) is 18.5 Å². The second-order valence-corrected chi connectivity index (χ2v) is 15.7. The number of hydrogen-bond acceptors (Lipinski definition) is 2.